The summed E-state index contributed by atoms with van der Waals surface area (Å²) in [6.07, 6.45) is 4.98. The molecule has 2 heteroatoms. The van der Waals surface area contributed by atoms with Gasteiger partial charge in [0.2, 0.25) is 0 Å². The van der Waals surface area contributed by atoms with Gasteiger partial charge in [0.1, 0.15) is 5.82 Å². The summed E-state index contributed by atoms with van der Waals surface area (Å²) in [5.74, 6) is 1.39. The van der Waals surface area contributed by atoms with E-state index < -0.39 is 0 Å². The van der Waals surface area contributed by atoms with Gasteiger partial charge in [-0.05, 0) is 43.7 Å². The Balaban J connectivity index is 2.22. The quantitative estimate of drug-likeness (QED) is 0.836. The highest BCUT2D eigenvalue weighted by Gasteiger charge is 2.28. The summed E-state index contributed by atoms with van der Waals surface area (Å²) in [5.41, 5.74) is 1.62. The van der Waals surface area contributed by atoms with E-state index in [0.717, 1.165) is 23.6 Å². The van der Waals surface area contributed by atoms with Gasteiger partial charge in [0, 0.05) is 11.6 Å². The largest absolute Gasteiger partial charge is 0.310 e. The fourth-order valence-electron chi connectivity index (χ4n) is 3.28. The maximum atomic E-state index is 14.4. The van der Waals surface area contributed by atoms with Crippen molar-refractivity contribution in [2.75, 3.05) is 6.54 Å². The smallest absolute Gasteiger partial charge is 0.130 e. The lowest BCUT2D eigenvalue weighted by atomic mass is 9.77. The first kappa shape index (κ1) is 14.5. The molecule has 0 bridgehead atoms. The molecule has 0 aliphatic heterocycles. The number of rotatable bonds is 4. The summed E-state index contributed by atoms with van der Waals surface area (Å²) in [6.45, 7) is 7.17. The van der Waals surface area contributed by atoms with Gasteiger partial charge >= 0.3 is 0 Å². The van der Waals surface area contributed by atoms with Crippen LogP contribution in [0.2, 0.25) is 0 Å². The lowest BCUT2D eigenvalue weighted by Gasteiger charge is -2.34. The van der Waals surface area contributed by atoms with Crippen LogP contribution in [-0.2, 0) is 0 Å². The maximum absolute atomic E-state index is 14.4. The number of nitrogens with one attached hydrogen (secondary N) is 1. The minimum Gasteiger partial charge on any atom is -0.310 e. The highest BCUT2D eigenvalue weighted by Crippen LogP contribution is 2.37. The first-order valence-electron chi connectivity index (χ1n) is 7.61. The zero-order valence-corrected chi connectivity index (χ0v) is 12.4. The second-order valence-corrected chi connectivity index (χ2v) is 6.03. The van der Waals surface area contributed by atoms with Crippen LogP contribution < -0.4 is 5.32 Å². The summed E-state index contributed by atoms with van der Waals surface area (Å²) < 4.78 is 14.4. The molecule has 1 saturated carbocycles. The van der Waals surface area contributed by atoms with E-state index in [1.54, 1.807) is 0 Å². The maximum Gasteiger partial charge on any atom is 0.130 e. The molecule has 0 aromatic heterocycles. The molecule has 1 aliphatic rings. The van der Waals surface area contributed by atoms with Gasteiger partial charge in [-0.1, -0.05) is 44.9 Å². The monoisotopic (exact) mass is 263 g/mol. The average molecular weight is 263 g/mol. The second-order valence-electron chi connectivity index (χ2n) is 6.03. The van der Waals surface area contributed by atoms with Crippen LogP contribution >= 0.6 is 0 Å². The first-order valence-corrected chi connectivity index (χ1v) is 7.61. The Morgan fingerprint density at radius 2 is 1.95 bits per heavy atom. The van der Waals surface area contributed by atoms with Crippen LogP contribution in [0.4, 0.5) is 4.39 Å². The van der Waals surface area contributed by atoms with E-state index in [0.29, 0.717) is 5.92 Å². The van der Waals surface area contributed by atoms with E-state index in [-0.39, 0.29) is 11.9 Å². The third kappa shape index (κ3) is 3.36. The highest BCUT2D eigenvalue weighted by atomic mass is 19.1. The SMILES string of the molecule is CCNC(c1cccc(C)c1F)C1CCC(C)CC1. The summed E-state index contributed by atoms with van der Waals surface area (Å²) in [7, 11) is 0. The fraction of sp³-hybridized carbons (Fsp3) is 0.647. The molecule has 1 aromatic carbocycles. The molecule has 1 N–H and O–H groups in total. The predicted molar refractivity (Wildman–Crippen MR) is 78.7 cm³/mol. The zero-order chi connectivity index (χ0) is 13.8. The number of halogens is 1. The van der Waals surface area contributed by atoms with Gasteiger partial charge in [-0.2, -0.15) is 0 Å². The normalized spacial score (nSPS) is 25.3. The van der Waals surface area contributed by atoms with Gasteiger partial charge < -0.3 is 5.32 Å². The Morgan fingerprint density at radius 1 is 1.26 bits per heavy atom. The number of hydrogen-bond acceptors (Lipinski definition) is 1. The van der Waals surface area contributed by atoms with E-state index in [9.17, 15) is 4.39 Å². The topological polar surface area (TPSA) is 12.0 Å². The molecule has 1 unspecified atom stereocenters. The van der Waals surface area contributed by atoms with E-state index >= 15 is 0 Å². The van der Waals surface area contributed by atoms with Crippen molar-refractivity contribution in [2.24, 2.45) is 11.8 Å². The molecule has 1 nitrogen and oxygen atoms in total. The van der Waals surface area contributed by atoms with Gasteiger partial charge in [0.05, 0.1) is 0 Å². The van der Waals surface area contributed by atoms with Crippen molar-refractivity contribution in [2.45, 2.75) is 52.5 Å². The summed E-state index contributed by atoms with van der Waals surface area (Å²) in [5, 5.41) is 3.51. The molecule has 0 heterocycles. The Hall–Kier alpha value is -0.890. The minimum absolute atomic E-state index is 0.0212. The summed E-state index contributed by atoms with van der Waals surface area (Å²) >= 11 is 0. The van der Waals surface area contributed by atoms with Crippen molar-refractivity contribution < 1.29 is 4.39 Å². The standard InChI is InChI=1S/C17H26FN/c1-4-19-17(14-10-8-12(2)9-11-14)15-7-5-6-13(3)16(15)18/h5-7,12,14,17,19H,4,8-11H2,1-3H3. The van der Waals surface area contributed by atoms with Crippen LogP contribution in [0.1, 0.15) is 56.7 Å². The Kier molecular flexibility index (Phi) is 4.98. The molecule has 1 atom stereocenters. The number of aryl methyl sites for hydroxylation is 1. The highest BCUT2D eigenvalue weighted by molar-refractivity contribution is 5.28. The third-order valence-electron chi connectivity index (χ3n) is 4.51. The van der Waals surface area contributed by atoms with E-state index in [1.165, 1.54) is 25.7 Å². The van der Waals surface area contributed by atoms with Crippen LogP contribution in [-0.4, -0.2) is 6.54 Å². The number of hydrogen-bond donors (Lipinski definition) is 1. The Labute approximate surface area is 116 Å². The van der Waals surface area contributed by atoms with Crippen LogP contribution in [0.15, 0.2) is 18.2 Å². The van der Waals surface area contributed by atoms with Crippen molar-refractivity contribution in [1.82, 2.24) is 5.32 Å². The van der Waals surface area contributed by atoms with Crippen molar-refractivity contribution in [1.29, 1.82) is 0 Å². The van der Waals surface area contributed by atoms with Crippen LogP contribution in [0.3, 0.4) is 0 Å². The molecule has 1 aromatic rings. The Morgan fingerprint density at radius 3 is 2.58 bits per heavy atom. The van der Waals surface area contributed by atoms with Crippen LogP contribution in [0, 0.1) is 24.6 Å². The van der Waals surface area contributed by atoms with Crippen molar-refractivity contribution in [3.63, 3.8) is 0 Å². The fourth-order valence-corrected chi connectivity index (χ4v) is 3.28. The van der Waals surface area contributed by atoms with Crippen LogP contribution in [0.5, 0.6) is 0 Å². The van der Waals surface area contributed by atoms with Gasteiger partial charge in [0.15, 0.2) is 0 Å². The van der Waals surface area contributed by atoms with Crippen molar-refractivity contribution in [3.8, 4) is 0 Å². The first-order chi connectivity index (χ1) is 9.13. The second kappa shape index (κ2) is 6.51. The van der Waals surface area contributed by atoms with Crippen molar-refractivity contribution in [3.05, 3.63) is 35.1 Å². The molecule has 106 valence electrons. The third-order valence-corrected chi connectivity index (χ3v) is 4.51. The molecule has 2 rings (SSSR count). The molecular weight excluding hydrogens is 237 g/mol. The number of benzene rings is 1. The molecule has 1 aliphatic carbocycles. The van der Waals surface area contributed by atoms with Gasteiger partial charge in [-0.15, -0.1) is 0 Å². The lowest BCUT2D eigenvalue weighted by Crippen LogP contribution is -2.31. The average Bonchev–Trinajstić information content (AvgIpc) is 2.41. The molecular formula is C17H26FN. The summed E-state index contributed by atoms with van der Waals surface area (Å²) in [4.78, 5) is 0. The van der Waals surface area contributed by atoms with Crippen molar-refractivity contribution >= 4 is 0 Å². The van der Waals surface area contributed by atoms with Gasteiger partial charge in [-0.25, -0.2) is 4.39 Å². The van der Waals surface area contributed by atoms with Crippen LogP contribution in [0.25, 0.3) is 0 Å². The minimum atomic E-state index is -0.0212. The van der Waals surface area contributed by atoms with E-state index in [1.807, 2.05) is 25.1 Å². The molecule has 0 amide bonds. The zero-order valence-electron chi connectivity index (χ0n) is 12.4. The predicted octanol–water partition coefficient (Wildman–Crippen LogP) is 4.61. The lowest BCUT2D eigenvalue weighted by molar-refractivity contribution is 0.230. The molecule has 1 fully saturated rings. The van der Waals surface area contributed by atoms with Gasteiger partial charge in [-0.3, -0.25) is 0 Å². The molecule has 0 spiro atoms. The Bertz CT molecular complexity index is 408. The van der Waals surface area contributed by atoms with E-state index in [2.05, 4.69) is 19.2 Å². The molecule has 19 heavy (non-hydrogen) atoms. The summed E-state index contributed by atoms with van der Waals surface area (Å²) in [6, 6.07) is 5.96. The van der Waals surface area contributed by atoms with E-state index in [4.69, 9.17) is 0 Å². The molecule has 0 radical (unpaired) electrons. The van der Waals surface area contributed by atoms with Gasteiger partial charge in [0.25, 0.3) is 0 Å². The molecule has 0 saturated heterocycles.